The lowest BCUT2D eigenvalue weighted by Gasteiger charge is -2.12. The Bertz CT molecular complexity index is 4030. The van der Waals surface area contributed by atoms with E-state index < -0.39 is 30.2 Å². The molecule has 0 spiro atoms. The molecule has 0 N–H and O–H groups in total. The molecule has 0 amide bonds. The number of rotatable bonds is 4. The highest BCUT2D eigenvalue weighted by Crippen LogP contribution is 2.45. The summed E-state index contributed by atoms with van der Waals surface area (Å²) < 4.78 is 54.3. The molecular formula is C51H29N5O. The minimum atomic E-state index is -0.488. The zero-order valence-electron chi connectivity index (χ0n) is 35.0. The predicted molar refractivity (Wildman–Crippen MR) is 232 cm³/mol. The highest BCUT2D eigenvalue weighted by atomic mass is 16.3. The minimum Gasteiger partial charge on any atom is -0.454 e. The topological polar surface area (TPSA) is 61.2 Å². The van der Waals surface area contributed by atoms with E-state index in [1.165, 1.54) is 27.1 Å². The summed E-state index contributed by atoms with van der Waals surface area (Å²) in [6.45, 7) is 0. The summed E-state index contributed by atoms with van der Waals surface area (Å²) in [6, 6.07) is 47.3. The number of para-hydroxylation sites is 4. The average molecular weight is 733 g/mol. The summed E-state index contributed by atoms with van der Waals surface area (Å²) in [5, 5.41) is 8.71. The van der Waals surface area contributed by atoms with Crippen molar-refractivity contribution in [1.82, 2.24) is 23.9 Å². The first-order valence-electron chi connectivity index (χ1n) is 21.3. The van der Waals surface area contributed by atoms with Crippen molar-refractivity contribution in [1.29, 1.82) is 0 Å². The maximum Gasteiger partial charge on any atom is 0.164 e. The lowest BCUT2D eigenvalue weighted by Crippen LogP contribution is -2.01. The van der Waals surface area contributed by atoms with Crippen molar-refractivity contribution in [3.63, 3.8) is 0 Å². The molecule has 0 aliphatic carbocycles. The SMILES string of the molecule is [2H]c1c([2H])c([2H])c(-c2nc(-c3ccccc3)nc(-c3ccc(-n4c5ccccc5c5cc6c7cccc8c9ccccc9n(c6cc54)c87)c4oc5ccccc5c34)n2)c([2H])c1[2H]. The van der Waals surface area contributed by atoms with Gasteiger partial charge in [0.15, 0.2) is 23.1 Å². The number of hydrogen-bond donors (Lipinski definition) is 0. The Kier molecular flexibility index (Phi) is 5.19. The second-order valence-electron chi connectivity index (χ2n) is 14.4. The molecule has 0 saturated heterocycles. The van der Waals surface area contributed by atoms with Gasteiger partial charge in [-0.05, 0) is 42.5 Å². The van der Waals surface area contributed by atoms with Gasteiger partial charge in [0.1, 0.15) is 5.58 Å². The van der Waals surface area contributed by atoms with E-state index in [1.54, 1.807) is 0 Å². The van der Waals surface area contributed by atoms with Crippen LogP contribution < -0.4 is 0 Å². The lowest BCUT2D eigenvalue weighted by atomic mass is 10.0. The van der Waals surface area contributed by atoms with Crippen LogP contribution in [0.4, 0.5) is 0 Å². The number of nitrogens with zero attached hydrogens (tertiary/aromatic N) is 5. The second kappa shape index (κ2) is 11.4. The summed E-state index contributed by atoms with van der Waals surface area (Å²) in [5.41, 5.74) is 8.88. The van der Waals surface area contributed by atoms with Gasteiger partial charge < -0.3 is 13.4 Å². The summed E-state index contributed by atoms with van der Waals surface area (Å²) in [4.78, 5) is 14.7. The van der Waals surface area contributed by atoms with Gasteiger partial charge in [-0.3, -0.25) is 0 Å². The Labute approximate surface area is 331 Å². The van der Waals surface area contributed by atoms with Gasteiger partial charge in [-0.15, -0.1) is 0 Å². The number of aromatic nitrogens is 5. The van der Waals surface area contributed by atoms with Gasteiger partial charge in [0.25, 0.3) is 0 Å². The number of furan rings is 1. The van der Waals surface area contributed by atoms with Crippen molar-refractivity contribution >= 4 is 81.8 Å². The molecule has 8 aromatic carbocycles. The van der Waals surface area contributed by atoms with Crippen molar-refractivity contribution in [3.8, 4) is 39.9 Å². The van der Waals surface area contributed by atoms with E-state index in [0.29, 0.717) is 28.1 Å². The summed E-state index contributed by atoms with van der Waals surface area (Å²) in [7, 11) is 0. The number of fused-ring (bicyclic) bond motifs is 12. The monoisotopic (exact) mass is 732 g/mol. The number of benzene rings is 8. The van der Waals surface area contributed by atoms with Crippen molar-refractivity contribution in [2.45, 2.75) is 0 Å². The van der Waals surface area contributed by atoms with Crippen LogP contribution in [-0.4, -0.2) is 23.9 Å². The van der Waals surface area contributed by atoms with Gasteiger partial charge in [-0.25, -0.2) is 15.0 Å². The first-order chi connectivity index (χ1) is 30.4. The van der Waals surface area contributed by atoms with Crippen LogP contribution in [0.1, 0.15) is 6.85 Å². The average Bonchev–Trinajstić information content (AvgIpc) is 4.06. The van der Waals surface area contributed by atoms with Crippen LogP contribution in [0.2, 0.25) is 0 Å². The molecule has 0 radical (unpaired) electrons. The van der Waals surface area contributed by atoms with Crippen LogP contribution in [0.15, 0.2) is 180 Å². The molecule has 13 aromatic rings. The van der Waals surface area contributed by atoms with Crippen LogP contribution in [0, 0.1) is 0 Å². The van der Waals surface area contributed by atoms with Gasteiger partial charge in [0, 0.05) is 59.8 Å². The molecule has 57 heavy (non-hydrogen) atoms. The fourth-order valence-electron chi connectivity index (χ4n) is 9.01. The molecule has 0 unspecified atom stereocenters. The van der Waals surface area contributed by atoms with Crippen LogP contribution >= 0.6 is 0 Å². The highest BCUT2D eigenvalue weighted by Gasteiger charge is 2.25. The minimum absolute atomic E-state index is 0.0280. The van der Waals surface area contributed by atoms with E-state index in [4.69, 9.17) is 26.2 Å². The third-order valence-electron chi connectivity index (χ3n) is 11.4. The van der Waals surface area contributed by atoms with Crippen LogP contribution in [0.5, 0.6) is 0 Å². The molecule has 6 nitrogen and oxygen atoms in total. The maximum absolute atomic E-state index is 8.83. The normalized spacial score (nSPS) is 13.4. The lowest BCUT2D eigenvalue weighted by molar-refractivity contribution is 0.666. The van der Waals surface area contributed by atoms with E-state index in [0.717, 1.165) is 49.3 Å². The summed E-state index contributed by atoms with van der Waals surface area (Å²) in [6.07, 6.45) is 0. The van der Waals surface area contributed by atoms with E-state index in [2.05, 4.69) is 87.8 Å². The quantitative estimate of drug-likeness (QED) is 0.181. The van der Waals surface area contributed by atoms with Crippen molar-refractivity contribution in [3.05, 3.63) is 176 Å². The Hall–Kier alpha value is -7.83. The van der Waals surface area contributed by atoms with Crippen molar-refractivity contribution in [2.75, 3.05) is 0 Å². The molecule has 0 bridgehead atoms. The molecule has 0 aliphatic heterocycles. The van der Waals surface area contributed by atoms with Crippen LogP contribution in [0.3, 0.4) is 0 Å². The van der Waals surface area contributed by atoms with E-state index in [-0.39, 0.29) is 17.2 Å². The smallest absolute Gasteiger partial charge is 0.164 e. The first-order valence-corrected chi connectivity index (χ1v) is 18.8. The van der Waals surface area contributed by atoms with Gasteiger partial charge in [0.05, 0.1) is 40.1 Å². The zero-order chi connectivity index (χ0) is 41.5. The van der Waals surface area contributed by atoms with Crippen molar-refractivity contribution in [2.24, 2.45) is 0 Å². The fraction of sp³-hybridized carbons (Fsp3) is 0. The molecule has 5 aromatic heterocycles. The van der Waals surface area contributed by atoms with Gasteiger partial charge in [0.2, 0.25) is 0 Å². The first kappa shape index (κ1) is 26.1. The Morgan fingerprint density at radius 1 is 0.456 bits per heavy atom. The van der Waals surface area contributed by atoms with Crippen LogP contribution in [-0.2, 0) is 0 Å². The molecule has 0 fully saturated rings. The summed E-state index contributed by atoms with van der Waals surface area (Å²) >= 11 is 0. The number of hydrogen-bond acceptors (Lipinski definition) is 4. The third kappa shape index (κ3) is 4.21. The predicted octanol–water partition coefficient (Wildman–Crippen LogP) is 13.0. The van der Waals surface area contributed by atoms with E-state index in [9.17, 15) is 0 Å². The molecule has 5 heterocycles. The Morgan fingerprint density at radius 3 is 1.91 bits per heavy atom. The second-order valence-corrected chi connectivity index (χ2v) is 14.4. The van der Waals surface area contributed by atoms with Gasteiger partial charge in [-0.1, -0.05) is 133 Å². The molecule has 0 aliphatic rings. The molecule has 0 saturated carbocycles. The molecule has 6 heteroatoms. The standard InChI is InChI=1S/C51H29N5O/c1-3-14-30(15-4-1)49-52-50(31-16-5-2-6-17-31)54-51(53-49)37-26-27-42(48-46(37)36-20-9-12-25-45(36)57-48)55-40-23-10-8-19-33(40)38-28-39-35-22-13-21-34-32-18-7-11-24-41(32)56(47(34)35)44(39)29-43(38)55/h1-29H/i1D,3D,4D,14D,15D. The maximum atomic E-state index is 8.83. The fourth-order valence-corrected chi connectivity index (χ4v) is 9.01. The molecular weight excluding hydrogens is 699 g/mol. The van der Waals surface area contributed by atoms with E-state index >= 15 is 0 Å². The largest absolute Gasteiger partial charge is 0.454 e. The van der Waals surface area contributed by atoms with Crippen LogP contribution in [0.25, 0.3) is 122 Å². The van der Waals surface area contributed by atoms with Gasteiger partial charge >= 0.3 is 0 Å². The third-order valence-corrected chi connectivity index (χ3v) is 11.4. The Balaban J connectivity index is 1.13. The molecule has 264 valence electrons. The Morgan fingerprint density at radius 2 is 1.09 bits per heavy atom. The molecule has 13 rings (SSSR count). The zero-order valence-corrected chi connectivity index (χ0v) is 30.0. The van der Waals surface area contributed by atoms with Gasteiger partial charge in [-0.2, -0.15) is 0 Å². The summed E-state index contributed by atoms with van der Waals surface area (Å²) in [5.74, 6) is 0.538. The highest BCUT2D eigenvalue weighted by molar-refractivity contribution is 6.26. The van der Waals surface area contributed by atoms with Crippen molar-refractivity contribution < 1.29 is 11.3 Å². The molecule has 0 atom stereocenters. The van der Waals surface area contributed by atoms with E-state index in [1.807, 2.05) is 66.7 Å².